The largest absolute Gasteiger partial charge is 0.282 e. The van der Waals surface area contributed by atoms with Crippen molar-refractivity contribution in [3.05, 3.63) is 104 Å². The average Bonchev–Trinajstić information content (AvgIpc) is 2.77. The van der Waals surface area contributed by atoms with Crippen molar-refractivity contribution in [2.45, 2.75) is 9.79 Å². The van der Waals surface area contributed by atoms with Crippen LogP contribution in [0.15, 0.2) is 111 Å². The fourth-order valence-corrected chi connectivity index (χ4v) is 5.89. The van der Waals surface area contributed by atoms with Crippen molar-refractivity contribution in [2.75, 3.05) is 0 Å². The van der Waals surface area contributed by atoms with Crippen molar-refractivity contribution in [3.63, 3.8) is 0 Å². The molecule has 0 N–H and O–H groups in total. The van der Waals surface area contributed by atoms with Gasteiger partial charge in [0.2, 0.25) is 0 Å². The molecule has 0 atom stereocenters. The molecule has 0 saturated heterocycles. The van der Waals surface area contributed by atoms with Crippen LogP contribution in [-0.2, 0) is 20.0 Å². The highest BCUT2D eigenvalue weighted by Gasteiger charge is 2.26. The monoisotopic (exact) mass is 626 g/mol. The minimum absolute atomic E-state index is 0.00238. The summed E-state index contributed by atoms with van der Waals surface area (Å²) < 4.78 is 60.8. The molecule has 33 heavy (non-hydrogen) atoms. The van der Waals surface area contributed by atoms with Gasteiger partial charge in [-0.1, -0.05) is 67.7 Å². The van der Waals surface area contributed by atoms with Gasteiger partial charge in [0.1, 0.15) is 5.71 Å². The lowest BCUT2D eigenvalue weighted by Crippen LogP contribution is -2.19. The van der Waals surface area contributed by atoms with Crippen molar-refractivity contribution in [1.29, 1.82) is 0 Å². The summed E-state index contributed by atoms with van der Waals surface area (Å²) in [5.74, 6) is 0. The average molecular weight is 629 g/mol. The molecule has 0 bridgehead atoms. The molecule has 168 valence electrons. The molecule has 4 rings (SSSR count). The van der Waals surface area contributed by atoms with Gasteiger partial charge >= 0.3 is 0 Å². The minimum atomic E-state index is -4.07. The van der Waals surface area contributed by atoms with Gasteiger partial charge in [-0.05, 0) is 54.6 Å². The second-order valence-corrected chi connectivity index (χ2v) is 12.3. The van der Waals surface area contributed by atoms with E-state index in [0.29, 0.717) is 11.1 Å². The van der Waals surface area contributed by atoms with E-state index in [9.17, 15) is 16.8 Å². The van der Waals surface area contributed by atoms with Gasteiger partial charge in [-0.25, -0.2) is 0 Å². The zero-order chi connectivity index (χ0) is 23.8. The van der Waals surface area contributed by atoms with E-state index >= 15 is 0 Å². The second-order valence-electron chi connectivity index (χ2n) is 6.81. The van der Waals surface area contributed by atoms with Crippen LogP contribution in [0.2, 0.25) is 0 Å². The van der Waals surface area contributed by atoms with Gasteiger partial charge in [-0.3, -0.25) is 0 Å². The Morgan fingerprint density at radius 1 is 0.636 bits per heavy atom. The molecule has 0 radical (unpaired) electrons. The first kappa shape index (κ1) is 24.0. The van der Waals surface area contributed by atoms with E-state index in [-0.39, 0.29) is 26.2 Å². The van der Waals surface area contributed by atoms with Crippen molar-refractivity contribution in [1.82, 2.24) is 0 Å². The molecule has 3 aromatic rings. The Kier molecular flexibility index (Phi) is 6.75. The smallest absolute Gasteiger partial charge is 0.199 e. The van der Waals surface area contributed by atoms with Gasteiger partial charge in [0.15, 0.2) is 0 Å². The zero-order valence-corrected chi connectivity index (χ0v) is 22.0. The zero-order valence-electron chi connectivity index (χ0n) is 16.5. The molecular weight excluding hydrogens is 616 g/mol. The Hall–Kier alpha value is -2.11. The number of nitrogens with zero attached hydrogens (tertiary/aromatic N) is 2. The van der Waals surface area contributed by atoms with Crippen molar-refractivity contribution in [3.8, 4) is 0 Å². The Morgan fingerprint density at radius 3 is 1.61 bits per heavy atom. The fourth-order valence-electron chi connectivity index (χ4n) is 3.04. The number of sulfonamides is 2. The van der Waals surface area contributed by atoms with Gasteiger partial charge in [0.25, 0.3) is 20.0 Å². The third kappa shape index (κ3) is 5.20. The van der Waals surface area contributed by atoms with Gasteiger partial charge in [-0.15, -0.1) is 0 Å². The van der Waals surface area contributed by atoms with Crippen LogP contribution in [0.1, 0.15) is 11.1 Å². The number of hydrogen-bond acceptors (Lipinski definition) is 4. The Balaban J connectivity index is 1.84. The number of fused-ring (bicyclic) bond motifs is 1. The summed E-state index contributed by atoms with van der Waals surface area (Å²) >= 11 is 12.9. The molecule has 0 aliphatic heterocycles. The van der Waals surface area contributed by atoms with Gasteiger partial charge in [0, 0.05) is 20.1 Å². The van der Waals surface area contributed by atoms with E-state index in [2.05, 4.69) is 40.7 Å². The fraction of sp³-hybridized carbons (Fsp3) is 0. The topological polar surface area (TPSA) is 93.0 Å². The normalized spacial score (nSPS) is 16.5. The van der Waals surface area contributed by atoms with Crippen molar-refractivity contribution < 1.29 is 16.8 Å². The van der Waals surface area contributed by atoms with Crippen LogP contribution >= 0.6 is 43.5 Å². The first-order chi connectivity index (χ1) is 15.6. The number of hydrogen-bond donors (Lipinski definition) is 0. The first-order valence-electron chi connectivity index (χ1n) is 9.25. The summed E-state index contributed by atoms with van der Waals surface area (Å²) in [4.78, 5) is 0.00918. The molecule has 0 saturated carbocycles. The summed E-state index contributed by atoms with van der Waals surface area (Å²) in [5, 5.41) is -0.0425. The predicted molar refractivity (Wildman–Crippen MR) is 136 cm³/mol. The molecule has 6 nitrogen and oxygen atoms in total. The molecule has 0 aromatic heterocycles. The number of benzene rings is 3. The van der Waals surface area contributed by atoms with Gasteiger partial charge in [-0.2, -0.15) is 25.6 Å². The molecule has 1 aliphatic carbocycles. The molecule has 3 aromatic carbocycles. The quantitative estimate of drug-likeness (QED) is 0.371. The summed E-state index contributed by atoms with van der Waals surface area (Å²) in [6.07, 6.45) is 1.30. The Morgan fingerprint density at radius 2 is 1.09 bits per heavy atom. The Labute approximate surface area is 213 Å². The molecule has 0 amide bonds. The third-order valence-corrected chi connectivity index (χ3v) is 8.54. The lowest BCUT2D eigenvalue weighted by Gasteiger charge is -2.17. The van der Waals surface area contributed by atoms with Crippen molar-refractivity contribution in [2.24, 2.45) is 8.80 Å². The Bertz CT molecular complexity index is 1550. The second kappa shape index (κ2) is 9.27. The first-order valence-corrected chi connectivity index (χ1v) is 14.1. The molecule has 0 spiro atoms. The van der Waals surface area contributed by atoms with Crippen LogP contribution < -0.4 is 0 Å². The highest BCUT2D eigenvalue weighted by atomic mass is 79.9. The van der Waals surface area contributed by atoms with E-state index < -0.39 is 20.0 Å². The SMILES string of the molecule is O=S(=O)(/N=C1C=C(Cl)/C(=N/S(=O)(=O)c2ccc(Br)cc2)c2ccccc2\1)c1ccc(Br)cc1. The number of rotatable bonds is 4. The standard InChI is InChI=1S/C22H13Br2ClN2O4S2/c23-14-5-9-16(10-6-14)32(28,29)26-21-13-20(25)22(19-4-2-1-3-18(19)21)27-33(30,31)17-11-7-15(24)8-12-17/h1-13H/b26-21+,27-22+. The van der Waals surface area contributed by atoms with Crippen LogP contribution in [0.5, 0.6) is 0 Å². The summed E-state index contributed by atoms with van der Waals surface area (Å²) in [6.45, 7) is 0. The third-order valence-electron chi connectivity index (χ3n) is 4.60. The van der Waals surface area contributed by atoms with E-state index in [1.54, 1.807) is 48.5 Å². The van der Waals surface area contributed by atoms with Crippen LogP contribution in [0.25, 0.3) is 0 Å². The van der Waals surface area contributed by atoms with Crippen LogP contribution in [0.4, 0.5) is 0 Å². The maximum absolute atomic E-state index is 12.9. The van der Waals surface area contributed by atoms with E-state index in [0.717, 1.165) is 8.95 Å². The van der Waals surface area contributed by atoms with Gasteiger partial charge < -0.3 is 0 Å². The molecular formula is C22H13Br2ClN2O4S2. The van der Waals surface area contributed by atoms with Gasteiger partial charge in [0.05, 0.1) is 20.5 Å². The number of allylic oxidation sites excluding steroid dienone is 2. The molecule has 11 heteroatoms. The molecule has 0 heterocycles. The summed E-state index contributed by atoms with van der Waals surface area (Å²) in [6, 6.07) is 18.7. The lowest BCUT2D eigenvalue weighted by atomic mass is 9.94. The lowest BCUT2D eigenvalue weighted by molar-refractivity contribution is 0.596. The van der Waals surface area contributed by atoms with E-state index in [4.69, 9.17) is 11.6 Å². The van der Waals surface area contributed by atoms with Crippen LogP contribution in [-0.4, -0.2) is 28.3 Å². The van der Waals surface area contributed by atoms with E-state index in [1.165, 1.54) is 30.3 Å². The van der Waals surface area contributed by atoms with Crippen molar-refractivity contribution >= 4 is 74.9 Å². The number of halogens is 3. The van der Waals surface area contributed by atoms with E-state index in [1.807, 2.05) is 0 Å². The highest BCUT2D eigenvalue weighted by Crippen LogP contribution is 2.28. The minimum Gasteiger partial charge on any atom is -0.199 e. The maximum atomic E-state index is 12.9. The van der Waals surface area contributed by atoms with Crippen LogP contribution in [0.3, 0.4) is 0 Å². The molecule has 0 fully saturated rings. The summed E-state index contributed by atoms with van der Waals surface area (Å²) in [5.41, 5.74) is 0.844. The maximum Gasteiger partial charge on any atom is 0.282 e. The molecule has 1 aliphatic rings. The molecule has 0 unspecified atom stereocenters. The summed E-state index contributed by atoms with van der Waals surface area (Å²) in [7, 11) is -8.11. The highest BCUT2D eigenvalue weighted by molar-refractivity contribution is 9.10. The predicted octanol–water partition coefficient (Wildman–Crippen LogP) is 5.70. The van der Waals surface area contributed by atoms with Crippen LogP contribution in [0, 0.1) is 0 Å².